The zero-order chi connectivity index (χ0) is 13.1. The van der Waals surface area contributed by atoms with Crippen LogP contribution in [0.5, 0.6) is 0 Å². The molecule has 1 atom stereocenters. The maximum atomic E-state index is 11.8. The molecule has 1 N–H and O–H groups in total. The molecule has 0 aliphatic heterocycles. The van der Waals surface area contributed by atoms with Crippen LogP contribution in [0.25, 0.3) is 0 Å². The highest BCUT2D eigenvalue weighted by molar-refractivity contribution is 7.08. The lowest BCUT2D eigenvalue weighted by Gasteiger charge is -2.21. The highest BCUT2D eigenvalue weighted by atomic mass is 32.1. The van der Waals surface area contributed by atoms with Crippen LogP contribution in [0.4, 0.5) is 4.79 Å². The van der Waals surface area contributed by atoms with Crippen LogP contribution in [-0.2, 0) is 4.74 Å². The molecule has 94 valence electrons. The minimum Gasteiger partial charge on any atom is -0.444 e. The van der Waals surface area contributed by atoms with Gasteiger partial charge in [-0.25, -0.2) is 4.79 Å². The minimum atomic E-state index is -0.584. The van der Waals surface area contributed by atoms with Crippen molar-refractivity contribution < 1.29 is 14.3 Å². The first-order valence-electron chi connectivity index (χ1n) is 5.35. The van der Waals surface area contributed by atoms with Crippen molar-refractivity contribution in [3.8, 4) is 0 Å². The average Bonchev–Trinajstić information content (AvgIpc) is 2.65. The lowest BCUT2D eigenvalue weighted by molar-refractivity contribution is 0.0497. The number of hydrogen-bond acceptors (Lipinski definition) is 4. The predicted octanol–water partition coefficient (Wildman–Crippen LogP) is 2.84. The fourth-order valence-corrected chi connectivity index (χ4v) is 1.85. The van der Waals surface area contributed by atoms with Gasteiger partial charge >= 0.3 is 6.09 Å². The van der Waals surface area contributed by atoms with Crippen LogP contribution in [-0.4, -0.2) is 23.5 Å². The van der Waals surface area contributed by atoms with Crippen molar-refractivity contribution in [2.75, 3.05) is 0 Å². The molecule has 0 saturated heterocycles. The van der Waals surface area contributed by atoms with Crippen molar-refractivity contribution in [1.29, 1.82) is 0 Å². The molecule has 0 aliphatic carbocycles. The van der Waals surface area contributed by atoms with E-state index in [0.29, 0.717) is 5.56 Å². The first-order chi connectivity index (χ1) is 7.79. The van der Waals surface area contributed by atoms with E-state index in [1.807, 2.05) is 5.38 Å². The molecular weight excluding hydrogens is 238 g/mol. The van der Waals surface area contributed by atoms with Gasteiger partial charge in [0.2, 0.25) is 0 Å². The number of hydrogen-bond donors (Lipinski definition) is 1. The highest BCUT2D eigenvalue weighted by Crippen LogP contribution is 2.10. The van der Waals surface area contributed by atoms with Crippen LogP contribution >= 0.6 is 11.3 Å². The highest BCUT2D eigenvalue weighted by Gasteiger charge is 2.21. The number of amides is 1. The molecule has 1 rings (SSSR count). The summed E-state index contributed by atoms with van der Waals surface area (Å²) in [6.45, 7) is 6.97. The Morgan fingerprint density at radius 1 is 1.41 bits per heavy atom. The second-order valence-electron chi connectivity index (χ2n) is 4.74. The van der Waals surface area contributed by atoms with Gasteiger partial charge in [0, 0.05) is 10.9 Å². The van der Waals surface area contributed by atoms with Crippen LogP contribution in [0.2, 0.25) is 0 Å². The molecule has 1 amide bonds. The van der Waals surface area contributed by atoms with Gasteiger partial charge in [-0.1, -0.05) is 0 Å². The predicted molar refractivity (Wildman–Crippen MR) is 67.5 cm³/mol. The maximum Gasteiger partial charge on any atom is 0.408 e. The molecule has 0 radical (unpaired) electrons. The Kier molecular flexibility index (Phi) is 4.28. The summed E-state index contributed by atoms with van der Waals surface area (Å²) in [6, 6.07) is 1.15. The van der Waals surface area contributed by atoms with Gasteiger partial charge < -0.3 is 10.1 Å². The molecule has 17 heavy (non-hydrogen) atoms. The Morgan fingerprint density at radius 3 is 2.53 bits per heavy atom. The van der Waals surface area contributed by atoms with Gasteiger partial charge in [-0.3, -0.25) is 4.79 Å². The molecule has 0 aromatic carbocycles. The zero-order valence-electron chi connectivity index (χ0n) is 10.4. The summed E-state index contributed by atoms with van der Waals surface area (Å²) in [5.41, 5.74) is 0.0495. The number of ether oxygens (including phenoxy) is 1. The summed E-state index contributed by atoms with van der Waals surface area (Å²) in [4.78, 5) is 23.3. The largest absolute Gasteiger partial charge is 0.444 e. The quantitative estimate of drug-likeness (QED) is 0.845. The van der Waals surface area contributed by atoms with Crippen molar-refractivity contribution in [1.82, 2.24) is 5.32 Å². The number of carbonyl (C=O) groups excluding carboxylic acids is 2. The smallest absolute Gasteiger partial charge is 0.408 e. The van der Waals surface area contributed by atoms with E-state index >= 15 is 0 Å². The van der Waals surface area contributed by atoms with Crippen LogP contribution in [0.1, 0.15) is 38.1 Å². The monoisotopic (exact) mass is 255 g/mol. The number of nitrogens with one attached hydrogen (secondary N) is 1. The van der Waals surface area contributed by atoms with E-state index in [0.717, 1.165) is 0 Å². The normalized spacial score (nSPS) is 12.9. The first kappa shape index (κ1) is 13.7. The van der Waals surface area contributed by atoms with Gasteiger partial charge in [-0.05, 0) is 39.1 Å². The average molecular weight is 255 g/mol. The third kappa shape index (κ3) is 4.56. The van der Waals surface area contributed by atoms with E-state index in [9.17, 15) is 9.59 Å². The Bertz CT molecular complexity index is 392. The van der Waals surface area contributed by atoms with E-state index in [4.69, 9.17) is 4.74 Å². The molecule has 0 saturated carbocycles. The number of alkyl carbamates (subject to hydrolysis) is 1. The van der Waals surface area contributed by atoms with Crippen LogP contribution in [0.15, 0.2) is 16.8 Å². The van der Waals surface area contributed by atoms with Gasteiger partial charge in [-0.2, -0.15) is 11.3 Å². The molecule has 4 nitrogen and oxygen atoms in total. The van der Waals surface area contributed by atoms with Crippen molar-refractivity contribution >= 4 is 23.2 Å². The summed E-state index contributed by atoms with van der Waals surface area (Å²) in [7, 11) is 0. The van der Waals surface area contributed by atoms with Crippen molar-refractivity contribution in [3.63, 3.8) is 0 Å². The van der Waals surface area contributed by atoms with Gasteiger partial charge in [-0.15, -0.1) is 0 Å². The van der Waals surface area contributed by atoms with E-state index in [1.54, 1.807) is 39.1 Å². The number of ketones is 1. The Labute approximate surface area is 105 Å². The van der Waals surface area contributed by atoms with Crippen LogP contribution in [0, 0.1) is 0 Å². The van der Waals surface area contributed by atoms with E-state index < -0.39 is 17.7 Å². The molecular formula is C12H17NO3S. The van der Waals surface area contributed by atoms with Gasteiger partial charge in [0.15, 0.2) is 5.78 Å². The molecule has 5 heteroatoms. The van der Waals surface area contributed by atoms with Gasteiger partial charge in [0.25, 0.3) is 0 Å². The summed E-state index contributed by atoms with van der Waals surface area (Å²) < 4.78 is 5.08. The Balaban J connectivity index is 2.52. The van der Waals surface area contributed by atoms with E-state index in [2.05, 4.69) is 5.32 Å². The number of thiophene rings is 1. The van der Waals surface area contributed by atoms with Crippen LogP contribution < -0.4 is 5.32 Å². The minimum absolute atomic E-state index is 0.114. The summed E-state index contributed by atoms with van der Waals surface area (Å²) >= 11 is 1.45. The zero-order valence-corrected chi connectivity index (χ0v) is 11.3. The summed E-state index contributed by atoms with van der Waals surface area (Å²) in [5, 5.41) is 6.10. The molecule has 0 aliphatic rings. The summed E-state index contributed by atoms with van der Waals surface area (Å²) in [6.07, 6.45) is -0.575. The Hall–Kier alpha value is -1.36. The summed E-state index contributed by atoms with van der Waals surface area (Å²) in [5.74, 6) is -0.114. The molecule has 1 aromatic heterocycles. The molecule has 0 fully saturated rings. The molecule has 1 aromatic rings. The molecule has 0 bridgehead atoms. The van der Waals surface area contributed by atoms with Gasteiger partial charge in [0.05, 0.1) is 6.04 Å². The maximum absolute atomic E-state index is 11.8. The number of rotatable bonds is 3. The van der Waals surface area contributed by atoms with Crippen LogP contribution in [0.3, 0.4) is 0 Å². The van der Waals surface area contributed by atoms with Crippen molar-refractivity contribution in [2.45, 2.75) is 39.3 Å². The molecule has 1 heterocycles. The standard InChI is InChI=1S/C12H17NO3S/c1-8(10(14)9-5-6-17-7-9)13-11(15)16-12(2,3)4/h5-8H,1-4H3,(H,13,15)/t8-/m1/s1. The third-order valence-corrected chi connectivity index (χ3v) is 2.62. The van der Waals surface area contributed by atoms with E-state index in [-0.39, 0.29) is 5.78 Å². The Morgan fingerprint density at radius 2 is 2.06 bits per heavy atom. The SMILES string of the molecule is C[C@@H](NC(=O)OC(C)(C)C)C(=O)c1ccsc1. The van der Waals surface area contributed by atoms with E-state index in [1.165, 1.54) is 11.3 Å². The third-order valence-electron chi connectivity index (χ3n) is 1.93. The molecule has 0 unspecified atom stereocenters. The lowest BCUT2D eigenvalue weighted by atomic mass is 10.1. The second-order valence-corrected chi connectivity index (χ2v) is 5.52. The van der Waals surface area contributed by atoms with Crippen molar-refractivity contribution in [2.24, 2.45) is 0 Å². The molecule has 0 spiro atoms. The fraction of sp³-hybridized carbons (Fsp3) is 0.500. The number of carbonyl (C=O) groups is 2. The van der Waals surface area contributed by atoms with Crippen molar-refractivity contribution in [3.05, 3.63) is 22.4 Å². The second kappa shape index (κ2) is 5.31. The fourth-order valence-electron chi connectivity index (χ4n) is 1.20. The lowest BCUT2D eigenvalue weighted by Crippen LogP contribution is -2.41. The first-order valence-corrected chi connectivity index (χ1v) is 6.30. The topological polar surface area (TPSA) is 55.4 Å². The van der Waals surface area contributed by atoms with Gasteiger partial charge in [0.1, 0.15) is 5.60 Å². The number of Topliss-reactive ketones (excluding diaryl/α,β-unsaturated/α-hetero) is 1.